The first-order chi connectivity index (χ1) is 9.74. The fourth-order valence-electron chi connectivity index (χ4n) is 2.49. The average Bonchev–Trinajstić information content (AvgIpc) is 2.67. The van der Waals surface area contributed by atoms with E-state index >= 15 is 0 Å². The number of benzene rings is 1. The van der Waals surface area contributed by atoms with Crippen LogP contribution in [0, 0.1) is 0 Å². The minimum absolute atomic E-state index is 0.651. The quantitative estimate of drug-likeness (QED) is 0.651. The molecule has 0 saturated carbocycles. The maximum absolute atomic E-state index is 10.5. The molecule has 5 nitrogen and oxygen atoms in total. The summed E-state index contributed by atoms with van der Waals surface area (Å²) in [6, 6.07) is 7.54. The zero-order chi connectivity index (χ0) is 14.2. The van der Waals surface area contributed by atoms with E-state index in [0.717, 1.165) is 12.1 Å². The lowest BCUT2D eigenvalue weighted by atomic mass is 10.1. The molecule has 0 aromatic heterocycles. The van der Waals surface area contributed by atoms with Gasteiger partial charge >= 0.3 is 6.03 Å². The van der Waals surface area contributed by atoms with Gasteiger partial charge in [0.2, 0.25) is 0 Å². The van der Waals surface area contributed by atoms with Gasteiger partial charge in [0.1, 0.15) is 0 Å². The maximum atomic E-state index is 10.5. The van der Waals surface area contributed by atoms with Crippen LogP contribution in [0.1, 0.15) is 36.8 Å². The smallest absolute Gasteiger partial charge is 0.332 e. The van der Waals surface area contributed by atoms with Crippen LogP contribution in [0.3, 0.4) is 0 Å². The Kier molecular flexibility index (Phi) is 5.55. The van der Waals surface area contributed by atoms with Crippen LogP contribution in [0.4, 0.5) is 4.79 Å². The van der Waals surface area contributed by atoms with Gasteiger partial charge in [-0.25, -0.2) is 10.2 Å². The van der Waals surface area contributed by atoms with Gasteiger partial charge in [0, 0.05) is 6.54 Å². The minimum Gasteiger partial charge on any atom is -0.350 e. The Morgan fingerprint density at radius 1 is 1.30 bits per heavy atom. The molecule has 1 fully saturated rings. The highest BCUT2D eigenvalue weighted by Gasteiger charge is 2.09. The zero-order valence-corrected chi connectivity index (χ0v) is 11.7. The second-order valence-corrected chi connectivity index (χ2v) is 5.17. The molecule has 1 heterocycles. The van der Waals surface area contributed by atoms with Crippen molar-refractivity contribution >= 4 is 12.2 Å². The van der Waals surface area contributed by atoms with Crippen molar-refractivity contribution < 1.29 is 4.79 Å². The predicted octanol–water partition coefficient (Wildman–Crippen LogP) is 2.06. The van der Waals surface area contributed by atoms with Crippen molar-refractivity contribution in [3.8, 4) is 0 Å². The van der Waals surface area contributed by atoms with Gasteiger partial charge in [-0.2, -0.15) is 5.10 Å². The number of carbonyl (C=O) groups excluding carboxylic acids is 1. The molecule has 0 atom stereocenters. The lowest BCUT2D eigenvalue weighted by Crippen LogP contribution is -2.24. The van der Waals surface area contributed by atoms with Crippen molar-refractivity contribution in [1.82, 2.24) is 10.3 Å². The third-order valence-corrected chi connectivity index (χ3v) is 3.44. The number of hydrogen-bond donors (Lipinski definition) is 2. The first-order valence-electron chi connectivity index (χ1n) is 7.14. The van der Waals surface area contributed by atoms with Gasteiger partial charge in [-0.15, -0.1) is 0 Å². The summed E-state index contributed by atoms with van der Waals surface area (Å²) >= 11 is 0. The number of amides is 2. The molecule has 1 aliphatic heterocycles. The number of likely N-dealkylation sites (tertiary alicyclic amines) is 1. The second kappa shape index (κ2) is 7.65. The van der Waals surface area contributed by atoms with Crippen LogP contribution in [0.5, 0.6) is 0 Å². The van der Waals surface area contributed by atoms with Gasteiger partial charge in [0.05, 0.1) is 6.21 Å². The number of rotatable bonds is 4. The molecule has 0 aliphatic carbocycles. The summed E-state index contributed by atoms with van der Waals surface area (Å²) in [6.45, 7) is 3.34. The second-order valence-electron chi connectivity index (χ2n) is 5.17. The SMILES string of the molecule is NC(=O)NN=Cc1cccc(CN2CCCCCC2)c1. The van der Waals surface area contributed by atoms with E-state index in [9.17, 15) is 4.79 Å². The third-order valence-electron chi connectivity index (χ3n) is 3.44. The molecule has 5 heteroatoms. The van der Waals surface area contributed by atoms with E-state index in [1.54, 1.807) is 6.21 Å². The minimum atomic E-state index is -0.651. The number of nitrogens with two attached hydrogens (primary N) is 1. The summed E-state index contributed by atoms with van der Waals surface area (Å²) < 4.78 is 0. The van der Waals surface area contributed by atoms with E-state index in [0.29, 0.717) is 0 Å². The molecule has 1 aromatic rings. The van der Waals surface area contributed by atoms with Crippen molar-refractivity contribution in [2.24, 2.45) is 10.8 Å². The number of nitrogens with zero attached hydrogens (tertiary/aromatic N) is 2. The molecule has 1 saturated heterocycles. The lowest BCUT2D eigenvalue weighted by Gasteiger charge is -2.19. The summed E-state index contributed by atoms with van der Waals surface area (Å²) in [4.78, 5) is 13.0. The van der Waals surface area contributed by atoms with Crippen LogP contribution in [0.2, 0.25) is 0 Å². The topological polar surface area (TPSA) is 70.7 Å². The van der Waals surface area contributed by atoms with E-state index < -0.39 is 6.03 Å². The molecule has 0 bridgehead atoms. The van der Waals surface area contributed by atoms with E-state index in [-0.39, 0.29) is 0 Å². The number of carbonyl (C=O) groups is 1. The molecule has 108 valence electrons. The normalized spacial score (nSPS) is 17.0. The molecule has 1 aromatic carbocycles. The summed E-state index contributed by atoms with van der Waals surface area (Å²) in [5, 5.41) is 3.78. The summed E-state index contributed by atoms with van der Waals surface area (Å²) in [6.07, 6.45) is 6.90. The monoisotopic (exact) mass is 274 g/mol. The highest BCUT2D eigenvalue weighted by atomic mass is 16.2. The molecular weight excluding hydrogens is 252 g/mol. The Balaban J connectivity index is 1.94. The predicted molar refractivity (Wildman–Crippen MR) is 80.5 cm³/mol. The van der Waals surface area contributed by atoms with Gasteiger partial charge < -0.3 is 5.73 Å². The Morgan fingerprint density at radius 3 is 2.75 bits per heavy atom. The summed E-state index contributed by atoms with van der Waals surface area (Å²) in [7, 11) is 0. The van der Waals surface area contributed by atoms with Crippen LogP contribution >= 0.6 is 0 Å². The number of hydrazone groups is 1. The average molecular weight is 274 g/mol. The zero-order valence-electron chi connectivity index (χ0n) is 11.7. The molecule has 2 rings (SSSR count). The van der Waals surface area contributed by atoms with Gasteiger partial charge in [0.15, 0.2) is 0 Å². The van der Waals surface area contributed by atoms with Crippen molar-refractivity contribution in [2.75, 3.05) is 13.1 Å². The van der Waals surface area contributed by atoms with Gasteiger partial charge in [-0.1, -0.05) is 31.0 Å². The van der Waals surface area contributed by atoms with Crippen molar-refractivity contribution in [3.05, 3.63) is 35.4 Å². The van der Waals surface area contributed by atoms with E-state index in [1.165, 1.54) is 44.3 Å². The number of nitrogens with one attached hydrogen (secondary N) is 1. The third kappa shape index (κ3) is 5.01. The summed E-state index contributed by atoms with van der Waals surface area (Å²) in [5.41, 5.74) is 9.39. The lowest BCUT2D eigenvalue weighted by molar-refractivity contribution is 0.249. The largest absolute Gasteiger partial charge is 0.350 e. The van der Waals surface area contributed by atoms with Crippen molar-refractivity contribution in [3.63, 3.8) is 0 Å². The van der Waals surface area contributed by atoms with E-state index in [4.69, 9.17) is 5.73 Å². The maximum Gasteiger partial charge on any atom is 0.332 e. The Labute approximate surface area is 119 Å². The number of urea groups is 1. The number of primary amides is 1. The first kappa shape index (κ1) is 14.5. The Morgan fingerprint density at radius 2 is 2.05 bits per heavy atom. The van der Waals surface area contributed by atoms with E-state index in [1.807, 2.05) is 12.1 Å². The van der Waals surface area contributed by atoms with Crippen molar-refractivity contribution in [1.29, 1.82) is 0 Å². The highest BCUT2D eigenvalue weighted by Crippen LogP contribution is 2.13. The van der Waals surface area contributed by atoms with Gasteiger partial charge in [-0.3, -0.25) is 4.90 Å². The molecular formula is C15H22N4O. The molecule has 3 N–H and O–H groups in total. The van der Waals surface area contributed by atoms with Crippen LogP contribution < -0.4 is 11.2 Å². The Hall–Kier alpha value is -1.88. The fourth-order valence-corrected chi connectivity index (χ4v) is 2.49. The van der Waals surface area contributed by atoms with Crippen LogP contribution in [-0.4, -0.2) is 30.2 Å². The molecule has 0 spiro atoms. The summed E-state index contributed by atoms with van der Waals surface area (Å²) in [5.74, 6) is 0. The molecule has 2 amide bonds. The van der Waals surface area contributed by atoms with Crippen molar-refractivity contribution in [2.45, 2.75) is 32.2 Å². The van der Waals surface area contributed by atoms with Crippen LogP contribution in [0.25, 0.3) is 0 Å². The standard InChI is InChI=1S/C15H22N4O/c16-15(20)18-17-11-13-6-5-7-14(10-13)12-19-8-3-1-2-4-9-19/h5-7,10-11H,1-4,8-9,12H2,(H3,16,18,20). The fraction of sp³-hybridized carbons (Fsp3) is 0.467. The number of hydrogen-bond acceptors (Lipinski definition) is 3. The molecule has 1 aliphatic rings. The molecule has 20 heavy (non-hydrogen) atoms. The van der Waals surface area contributed by atoms with E-state index in [2.05, 4.69) is 27.6 Å². The van der Waals surface area contributed by atoms with Gasteiger partial charge in [0.25, 0.3) is 0 Å². The van der Waals surface area contributed by atoms with Gasteiger partial charge in [-0.05, 0) is 43.1 Å². The highest BCUT2D eigenvalue weighted by molar-refractivity contribution is 5.81. The molecule has 0 radical (unpaired) electrons. The first-order valence-corrected chi connectivity index (χ1v) is 7.14. The molecule has 0 unspecified atom stereocenters. The van der Waals surface area contributed by atoms with Crippen LogP contribution in [-0.2, 0) is 6.54 Å². The van der Waals surface area contributed by atoms with Crippen LogP contribution in [0.15, 0.2) is 29.4 Å². The Bertz CT molecular complexity index is 465.